The lowest BCUT2D eigenvalue weighted by atomic mass is 9.98. The molecule has 6 heteroatoms. The van der Waals surface area contributed by atoms with Gasteiger partial charge in [0.15, 0.2) is 0 Å². The van der Waals surface area contributed by atoms with Crippen molar-refractivity contribution < 1.29 is 19.4 Å². The lowest BCUT2D eigenvalue weighted by molar-refractivity contribution is -0.140. The maximum absolute atomic E-state index is 12.9. The molecule has 2 heterocycles. The van der Waals surface area contributed by atoms with Crippen molar-refractivity contribution >= 4 is 17.4 Å². The van der Waals surface area contributed by atoms with Gasteiger partial charge in [-0.1, -0.05) is 25.8 Å². The first-order valence-electron chi connectivity index (χ1n) is 10.4. The number of aliphatic hydroxyl groups is 1. The molecule has 158 valence electrons. The zero-order chi connectivity index (χ0) is 21.7. The highest BCUT2D eigenvalue weighted by Crippen LogP contribution is 2.38. The molecule has 1 aliphatic rings. The van der Waals surface area contributed by atoms with Crippen LogP contribution in [0.15, 0.2) is 54.2 Å². The number of ketones is 1. The Bertz CT molecular complexity index is 920. The Morgan fingerprint density at radius 3 is 2.47 bits per heavy atom. The SMILES string of the molecule is CCCCCN1C(=O)C(=O)/C(=C(\O)c2ccc(OC(C)C)cc2)C1c1ccccn1. The van der Waals surface area contributed by atoms with Crippen LogP contribution in [0.1, 0.15) is 57.3 Å². The van der Waals surface area contributed by atoms with Gasteiger partial charge in [-0.25, -0.2) is 0 Å². The number of likely N-dealkylation sites (tertiary alicyclic amines) is 1. The summed E-state index contributed by atoms with van der Waals surface area (Å²) in [6.45, 7) is 6.39. The fraction of sp³-hybridized carbons (Fsp3) is 0.375. The quantitative estimate of drug-likeness (QED) is 0.301. The van der Waals surface area contributed by atoms with Crippen LogP contribution in [0.2, 0.25) is 0 Å². The first kappa shape index (κ1) is 21.6. The minimum absolute atomic E-state index is 0.0297. The van der Waals surface area contributed by atoms with Crippen molar-refractivity contribution in [3.63, 3.8) is 0 Å². The van der Waals surface area contributed by atoms with E-state index in [1.165, 1.54) is 4.90 Å². The van der Waals surface area contributed by atoms with Crippen molar-refractivity contribution in [1.82, 2.24) is 9.88 Å². The second-order valence-electron chi connectivity index (χ2n) is 7.65. The molecule has 1 aliphatic heterocycles. The lowest BCUT2D eigenvalue weighted by Gasteiger charge is -2.24. The lowest BCUT2D eigenvalue weighted by Crippen LogP contribution is -2.31. The van der Waals surface area contributed by atoms with Crippen LogP contribution in [-0.4, -0.2) is 39.3 Å². The molecule has 1 unspecified atom stereocenters. The van der Waals surface area contributed by atoms with E-state index < -0.39 is 17.7 Å². The van der Waals surface area contributed by atoms with Gasteiger partial charge >= 0.3 is 0 Å². The van der Waals surface area contributed by atoms with Crippen molar-refractivity contribution in [3.8, 4) is 5.75 Å². The summed E-state index contributed by atoms with van der Waals surface area (Å²) in [6.07, 6.45) is 4.40. The largest absolute Gasteiger partial charge is 0.507 e. The summed E-state index contributed by atoms with van der Waals surface area (Å²) in [5, 5.41) is 11.0. The Hall–Kier alpha value is -3.15. The number of hydrogen-bond acceptors (Lipinski definition) is 5. The van der Waals surface area contributed by atoms with Gasteiger partial charge in [-0.05, 0) is 56.7 Å². The normalized spacial score (nSPS) is 18.3. The number of ether oxygens (including phenoxy) is 1. The standard InChI is InChI=1S/C24H28N2O4/c1-4-5-8-15-26-21(19-9-6-7-14-25-19)20(23(28)24(26)29)22(27)17-10-12-18(13-11-17)30-16(2)3/h6-7,9-14,16,21,27H,4-5,8,15H2,1-3H3/b22-20-. The molecule has 1 atom stereocenters. The molecule has 0 bridgehead atoms. The fourth-order valence-electron chi connectivity index (χ4n) is 3.61. The summed E-state index contributed by atoms with van der Waals surface area (Å²) in [5.41, 5.74) is 1.10. The van der Waals surface area contributed by atoms with E-state index in [0.29, 0.717) is 23.6 Å². The van der Waals surface area contributed by atoms with Crippen LogP contribution >= 0.6 is 0 Å². The van der Waals surface area contributed by atoms with Gasteiger partial charge in [0.25, 0.3) is 11.7 Å². The Morgan fingerprint density at radius 2 is 1.87 bits per heavy atom. The van der Waals surface area contributed by atoms with E-state index in [1.54, 1.807) is 42.6 Å². The van der Waals surface area contributed by atoms with E-state index in [4.69, 9.17) is 4.74 Å². The van der Waals surface area contributed by atoms with Gasteiger partial charge in [-0.15, -0.1) is 0 Å². The van der Waals surface area contributed by atoms with Gasteiger partial charge in [0, 0.05) is 18.3 Å². The zero-order valence-corrected chi connectivity index (χ0v) is 17.7. The first-order valence-corrected chi connectivity index (χ1v) is 10.4. The maximum atomic E-state index is 12.9. The molecule has 0 aliphatic carbocycles. The maximum Gasteiger partial charge on any atom is 0.295 e. The van der Waals surface area contributed by atoms with Crippen molar-refractivity contribution in [2.24, 2.45) is 0 Å². The van der Waals surface area contributed by atoms with Gasteiger partial charge < -0.3 is 14.7 Å². The molecule has 0 spiro atoms. The molecular formula is C24H28N2O4. The van der Waals surface area contributed by atoms with E-state index >= 15 is 0 Å². The number of benzene rings is 1. The average Bonchev–Trinajstić information content (AvgIpc) is 2.99. The van der Waals surface area contributed by atoms with Gasteiger partial charge in [0.1, 0.15) is 17.6 Å². The number of carbonyl (C=O) groups is 2. The molecular weight excluding hydrogens is 380 g/mol. The highest BCUT2D eigenvalue weighted by molar-refractivity contribution is 6.46. The zero-order valence-electron chi connectivity index (χ0n) is 17.7. The monoisotopic (exact) mass is 408 g/mol. The molecule has 0 saturated carbocycles. The molecule has 3 rings (SSSR count). The predicted molar refractivity (Wildman–Crippen MR) is 115 cm³/mol. The van der Waals surface area contributed by atoms with Crippen LogP contribution in [0.3, 0.4) is 0 Å². The summed E-state index contributed by atoms with van der Waals surface area (Å²) >= 11 is 0. The first-order chi connectivity index (χ1) is 14.4. The number of aromatic nitrogens is 1. The number of Topliss-reactive ketones (excluding diaryl/α,β-unsaturated/α-hetero) is 1. The van der Waals surface area contributed by atoms with E-state index in [2.05, 4.69) is 11.9 Å². The number of hydrogen-bond donors (Lipinski definition) is 1. The van der Waals surface area contributed by atoms with Crippen LogP contribution in [-0.2, 0) is 9.59 Å². The number of rotatable bonds is 8. The number of pyridine rings is 1. The third-order valence-electron chi connectivity index (χ3n) is 5.01. The van der Waals surface area contributed by atoms with Crippen molar-refractivity contribution in [1.29, 1.82) is 0 Å². The van der Waals surface area contributed by atoms with Gasteiger partial charge in [0.2, 0.25) is 0 Å². The van der Waals surface area contributed by atoms with Crippen LogP contribution in [0.4, 0.5) is 0 Å². The van der Waals surface area contributed by atoms with Crippen molar-refractivity contribution in [2.45, 2.75) is 52.2 Å². The Morgan fingerprint density at radius 1 is 1.13 bits per heavy atom. The minimum Gasteiger partial charge on any atom is -0.507 e. The van der Waals surface area contributed by atoms with Gasteiger partial charge in [-0.3, -0.25) is 14.6 Å². The Kier molecular flexibility index (Phi) is 6.87. The highest BCUT2D eigenvalue weighted by Gasteiger charge is 2.46. The molecule has 1 saturated heterocycles. The van der Waals surface area contributed by atoms with E-state index in [0.717, 1.165) is 19.3 Å². The molecule has 1 aromatic carbocycles. The number of aliphatic hydroxyl groups excluding tert-OH is 1. The fourth-order valence-corrected chi connectivity index (χ4v) is 3.61. The molecule has 1 amide bonds. The average molecular weight is 408 g/mol. The third kappa shape index (κ3) is 4.53. The summed E-state index contributed by atoms with van der Waals surface area (Å²) < 4.78 is 5.64. The molecule has 0 radical (unpaired) electrons. The van der Waals surface area contributed by atoms with E-state index in [9.17, 15) is 14.7 Å². The number of carbonyl (C=O) groups excluding carboxylic acids is 2. The van der Waals surface area contributed by atoms with Crippen LogP contribution < -0.4 is 4.74 Å². The molecule has 30 heavy (non-hydrogen) atoms. The summed E-state index contributed by atoms with van der Waals surface area (Å²) in [5.74, 6) is -0.800. The summed E-state index contributed by atoms with van der Waals surface area (Å²) in [6, 6.07) is 11.5. The van der Waals surface area contributed by atoms with E-state index in [1.807, 2.05) is 19.9 Å². The number of amides is 1. The highest BCUT2D eigenvalue weighted by atomic mass is 16.5. The minimum atomic E-state index is -0.699. The van der Waals surface area contributed by atoms with Crippen LogP contribution in [0, 0.1) is 0 Å². The second-order valence-corrected chi connectivity index (χ2v) is 7.65. The second kappa shape index (κ2) is 9.57. The predicted octanol–water partition coefficient (Wildman–Crippen LogP) is 4.48. The van der Waals surface area contributed by atoms with Crippen LogP contribution in [0.5, 0.6) is 5.75 Å². The molecule has 1 aromatic heterocycles. The van der Waals surface area contributed by atoms with Crippen molar-refractivity contribution in [2.75, 3.05) is 6.54 Å². The molecule has 1 fully saturated rings. The topological polar surface area (TPSA) is 79.7 Å². The molecule has 2 aromatic rings. The number of nitrogens with zero attached hydrogens (tertiary/aromatic N) is 2. The number of unbranched alkanes of at least 4 members (excludes halogenated alkanes) is 2. The van der Waals surface area contributed by atoms with Crippen LogP contribution in [0.25, 0.3) is 5.76 Å². The smallest absolute Gasteiger partial charge is 0.295 e. The van der Waals surface area contributed by atoms with E-state index in [-0.39, 0.29) is 17.4 Å². The Labute approximate surface area is 177 Å². The summed E-state index contributed by atoms with van der Waals surface area (Å²) in [4.78, 5) is 31.6. The third-order valence-corrected chi connectivity index (χ3v) is 5.01. The Balaban J connectivity index is 2.02. The van der Waals surface area contributed by atoms with Crippen molar-refractivity contribution in [3.05, 3.63) is 65.5 Å². The van der Waals surface area contributed by atoms with Gasteiger partial charge in [-0.2, -0.15) is 0 Å². The summed E-state index contributed by atoms with van der Waals surface area (Å²) in [7, 11) is 0. The molecule has 6 nitrogen and oxygen atoms in total. The molecule has 1 N–H and O–H groups in total. The van der Waals surface area contributed by atoms with Gasteiger partial charge in [0.05, 0.1) is 17.4 Å².